The van der Waals surface area contributed by atoms with Gasteiger partial charge < -0.3 is 10.2 Å². The van der Waals surface area contributed by atoms with Crippen LogP contribution in [0.15, 0.2) is 46.2 Å². The molecule has 2 rings (SSSR count). The van der Waals surface area contributed by atoms with Crippen LogP contribution in [0.1, 0.15) is 24.2 Å². The van der Waals surface area contributed by atoms with Crippen molar-refractivity contribution >= 4 is 45.8 Å². The van der Waals surface area contributed by atoms with Crippen molar-refractivity contribution in [2.24, 2.45) is 0 Å². The molecule has 6 nitrogen and oxygen atoms in total. The number of nitrogens with one attached hydrogen (secondary N) is 2. The topological polar surface area (TPSA) is 78.5 Å². The van der Waals surface area contributed by atoms with Crippen molar-refractivity contribution < 1.29 is 22.0 Å². The predicted molar refractivity (Wildman–Crippen MR) is 123 cm³/mol. The van der Waals surface area contributed by atoms with Gasteiger partial charge >= 0.3 is 0 Å². The molecule has 0 bridgehead atoms. The molecule has 2 aromatic carbocycles. The Bertz CT molecular complexity index is 1000. The van der Waals surface area contributed by atoms with Gasteiger partial charge in [-0.05, 0) is 43.4 Å². The fourth-order valence-corrected chi connectivity index (χ4v) is 4.26. The van der Waals surface area contributed by atoms with Gasteiger partial charge in [0, 0.05) is 34.5 Å². The number of carbonyl (C=O) groups is 1. The van der Waals surface area contributed by atoms with Crippen molar-refractivity contribution in [3.8, 4) is 0 Å². The molecule has 0 radical (unpaired) electrons. The maximum atomic E-state index is 14.1. The summed E-state index contributed by atoms with van der Waals surface area (Å²) in [6, 6.07) is 7.54. The van der Waals surface area contributed by atoms with Crippen molar-refractivity contribution in [2.75, 3.05) is 37.2 Å². The smallest absolute Gasteiger partial charge is 0.251 e. The molecule has 0 aliphatic rings. The van der Waals surface area contributed by atoms with Gasteiger partial charge in [0.2, 0.25) is 10.0 Å². The second kappa shape index (κ2) is 12.2. The van der Waals surface area contributed by atoms with Gasteiger partial charge in [-0.15, -0.1) is 12.4 Å². The first-order chi connectivity index (χ1) is 14.1. The van der Waals surface area contributed by atoms with Gasteiger partial charge in [0.25, 0.3) is 5.91 Å². The molecule has 0 aliphatic carbocycles. The van der Waals surface area contributed by atoms with E-state index in [1.807, 2.05) is 13.8 Å². The van der Waals surface area contributed by atoms with E-state index in [2.05, 4.69) is 14.9 Å². The third kappa shape index (κ3) is 8.64. The number of anilines is 1. The molecule has 0 aliphatic heterocycles. The van der Waals surface area contributed by atoms with Crippen molar-refractivity contribution in [1.82, 2.24) is 10.2 Å². The van der Waals surface area contributed by atoms with Crippen molar-refractivity contribution in [1.29, 1.82) is 0 Å². The number of benzene rings is 2. The number of nitrogens with zero attached hydrogens (tertiary/aromatic N) is 1. The number of likely N-dealkylation sites (N-methyl/N-ethyl adjacent to an activating group) is 1. The molecule has 0 aromatic heterocycles. The first kappa shape index (κ1) is 27.2. The van der Waals surface area contributed by atoms with Crippen LogP contribution >= 0.6 is 24.2 Å². The summed E-state index contributed by atoms with van der Waals surface area (Å²) in [6.07, 6.45) is 0.994. The Balaban J connectivity index is 0.00000480. The van der Waals surface area contributed by atoms with Crippen LogP contribution in [0.5, 0.6) is 0 Å². The molecule has 11 heteroatoms. The van der Waals surface area contributed by atoms with E-state index in [0.717, 1.165) is 43.2 Å². The quantitative estimate of drug-likeness (QED) is 0.523. The molecule has 0 spiro atoms. The normalized spacial score (nSPS) is 11.2. The first-order valence-electron chi connectivity index (χ1n) is 9.38. The minimum atomic E-state index is -3.59. The maximum Gasteiger partial charge on any atom is 0.251 e. The Kier molecular flexibility index (Phi) is 10.7. The van der Waals surface area contributed by atoms with E-state index in [1.54, 1.807) is 0 Å². The number of hydrogen-bond donors (Lipinski definition) is 2. The molecule has 1 amide bonds. The summed E-state index contributed by atoms with van der Waals surface area (Å²) in [5.74, 6) is -1.82. The molecule has 0 atom stereocenters. The van der Waals surface area contributed by atoms with Crippen LogP contribution in [0.3, 0.4) is 0 Å². The van der Waals surface area contributed by atoms with E-state index in [-0.39, 0.29) is 28.9 Å². The fraction of sp³-hybridized carbons (Fsp3) is 0.350. The average molecular weight is 494 g/mol. The fourth-order valence-electron chi connectivity index (χ4n) is 2.68. The number of sulfonamides is 1. The van der Waals surface area contributed by atoms with E-state index >= 15 is 0 Å². The molecule has 31 heavy (non-hydrogen) atoms. The van der Waals surface area contributed by atoms with Crippen LogP contribution < -0.4 is 10.0 Å². The first-order valence-corrected chi connectivity index (χ1v) is 12.1. The van der Waals surface area contributed by atoms with Crippen LogP contribution in [-0.4, -0.2) is 51.7 Å². The molecule has 0 saturated heterocycles. The van der Waals surface area contributed by atoms with Gasteiger partial charge in [-0.25, -0.2) is 17.2 Å². The van der Waals surface area contributed by atoms with Crippen LogP contribution in [0.4, 0.5) is 14.5 Å². The van der Waals surface area contributed by atoms with E-state index in [4.69, 9.17) is 0 Å². The lowest BCUT2D eigenvalue weighted by atomic mass is 10.2. The minimum Gasteiger partial charge on any atom is -0.351 e. The third-order valence-corrected chi connectivity index (χ3v) is 5.96. The molecule has 0 heterocycles. The highest BCUT2D eigenvalue weighted by atomic mass is 35.5. The van der Waals surface area contributed by atoms with Crippen LogP contribution in [0.25, 0.3) is 0 Å². The Hall–Kier alpha value is -1.88. The zero-order valence-corrected chi connectivity index (χ0v) is 19.9. The van der Waals surface area contributed by atoms with Gasteiger partial charge in [0.1, 0.15) is 11.6 Å². The van der Waals surface area contributed by atoms with Gasteiger partial charge in [0.15, 0.2) is 0 Å². The Morgan fingerprint density at radius 2 is 1.74 bits per heavy atom. The van der Waals surface area contributed by atoms with Crippen LogP contribution in [0.2, 0.25) is 0 Å². The van der Waals surface area contributed by atoms with Crippen molar-refractivity contribution in [2.45, 2.75) is 23.6 Å². The number of halogens is 3. The molecule has 0 fully saturated rings. The summed E-state index contributed by atoms with van der Waals surface area (Å²) >= 11 is 0.901. The Morgan fingerprint density at radius 3 is 2.32 bits per heavy atom. The number of carbonyl (C=O) groups excluding carboxylic acids is 1. The van der Waals surface area contributed by atoms with Gasteiger partial charge in [-0.3, -0.25) is 9.52 Å². The van der Waals surface area contributed by atoms with Gasteiger partial charge in [0.05, 0.1) is 11.9 Å². The van der Waals surface area contributed by atoms with Crippen LogP contribution in [-0.2, 0) is 10.0 Å². The van der Waals surface area contributed by atoms with Crippen molar-refractivity contribution in [3.05, 3.63) is 53.6 Å². The highest BCUT2D eigenvalue weighted by Gasteiger charge is 2.15. The minimum absolute atomic E-state index is 0. The number of amides is 1. The molecular weight excluding hydrogens is 468 g/mol. The zero-order valence-electron chi connectivity index (χ0n) is 17.4. The highest BCUT2D eigenvalue weighted by molar-refractivity contribution is 7.99. The summed E-state index contributed by atoms with van der Waals surface area (Å²) < 4.78 is 53.0. The summed E-state index contributed by atoms with van der Waals surface area (Å²) in [6.45, 7) is 6.99. The summed E-state index contributed by atoms with van der Waals surface area (Å²) in [7, 11) is -3.59. The molecular formula is C20H26ClF2N3O3S2. The van der Waals surface area contributed by atoms with E-state index < -0.39 is 21.7 Å². The van der Waals surface area contributed by atoms with E-state index in [0.29, 0.717) is 23.5 Å². The summed E-state index contributed by atoms with van der Waals surface area (Å²) in [5, 5.41) is 2.82. The lowest BCUT2D eigenvalue weighted by molar-refractivity contribution is 0.0948. The zero-order chi connectivity index (χ0) is 22.3. The third-order valence-electron chi connectivity index (χ3n) is 4.26. The molecule has 172 valence electrons. The van der Waals surface area contributed by atoms with Crippen LogP contribution in [0, 0.1) is 11.6 Å². The lowest BCUT2D eigenvalue weighted by Gasteiger charge is -2.18. The monoisotopic (exact) mass is 493 g/mol. The molecule has 0 unspecified atom stereocenters. The second-order valence-electron chi connectivity index (χ2n) is 6.54. The lowest BCUT2D eigenvalue weighted by Crippen LogP contribution is -2.34. The number of hydrogen-bond acceptors (Lipinski definition) is 5. The van der Waals surface area contributed by atoms with Gasteiger partial charge in [-0.1, -0.05) is 25.6 Å². The molecule has 0 saturated carbocycles. The molecule has 2 N–H and O–H groups in total. The average Bonchev–Trinajstić information content (AvgIpc) is 2.67. The summed E-state index contributed by atoms with van der Waals surface area (Å²) in [5.41, 5.74) is 0.504. The Morgan fingerprint density at radius 1 is 1.06 bits per heavy atom. The maximum absolute atomic E-state index is 14.1. The van der Waals surface area contributed by atoms with E-state index in [1.165, 1.54) is 24.3 Å². The SMILES string of the molecule is CCN(CC)CCNC(=O)c1ccc(NS(C)(=O)=O)c(Sc2ccc(F)cc2F)c1.Cl. The summed E-state index contributed by atoms with van der Waals surface area (Å²) in [4.78, 5) is 15.1. The Labute approximate surface area is 192 Å². The predicted octanol–water partition coefficient (Wildman–Crippen LogP) is 3.98. The number of rotatable bonds is 10. The second-order valence-corrected chi connectivity index (χ2v) is 9.38. The highest BCUT2D eigenvalue weighted by Crippen LogP contribution is 2.36. The largest absolute Gasteiger partial charge is 0.351 e. The van der Waals surface area contributed by atoms with E-state index in [9.17, 15) is 22.0 Å². The van der Waals surface area contributed by atoms with Crippen molar-refractivity contribution in [3.63, 3.8) is 0 Å². The standard InChI is InChI=1S/C20H25F2N3O3S2.ClH/c1-4-25(5-2)11-10-23-20(26)14-6-8-17(24-30(3,27)28)19(12-14)29-18-9-7-15(21)13-16(18)22;/h6-9,12-13,24H,4-5,10-11H2,1-3H3,(H,23,26);1H. The van der Waals surface area contributed by atoms with Gasteiger partial charge in [-0.2, -0.15) is 0 Å². The molecule has 2 aromatic rings.